The number of carbonyl (C=O) groups is 2. The molecule has 0 radical (unpaired) electrons. The standard InChI is InChI=1S/C23H20N2O4S/c1-17-11-13-20(14-12-17)30(28,29)25-22(26)15-19-9-5-6-10-21(19)23(27)24(25)16-18-7-3-2-4-8-18/h2-14H,15-16H2,1H3. The van der Waals surface area contributed by atoms with Crippen LogP contribution >= 0.6 is 0 Å². The van der Waals surface area contributed by atoms with Crippen LogP contribution in [0.3, 0.4) is 0 Å². The van der Waals surface area contributed by atoms with Crippen LogP contribution in [-0.4, -0.2) is 29.7 Å². The Morgan fingerprint density at radius 2 is 1.47 bits per heavy atom. The van der Waals surface area contributed by atoms with Gasteiger partial charge in [0.1, 0.15) is 0 Å². The van der Waals surface area contributed by atoms with Gasteiger partial charge in [-0.15, -0.1) is 4.41 Å². The predicted molar refractivity (Wildman–Crippen MR) is 112 cm³/mol. The molecule has 7 heteroatoms. The predicted octanol–water partition coefficient (Wildman–Crippen LogP) is 3.33. The lowest BCUT2D eigenvalue weighted by Gasteiger charge is -2.32. The highest BCUT2D eigenvalue weighted by molar-refractivity contribution is 7.89. The van der Waals surface area contributed by atoms with E-state index in [1.165, 1.54) is 12.1 Å². The topological polar surface area (TPSA) is 74.8 Å². The summed E-state index contributed by atoms with van der Waals surface area (Å²) in [6.07, 6.45) is -0.182. The van der Waals surface area contributed by atoms with Crippen molar-refractivity contribution in [2.75, 3.05) is 0 Å². The summed E-state index contributed by atoms with van der Waals surface area (Å²) in [4.78, 5) is 26.5. The van der Waals surface area contributed by atoms with E-state index in [0.29, 0.717) is 21.1 Å². The SMILES string of the molecule is Cc1ccc(S(=O)(=O)N2C(=O)Cc3ccccc3C(=O)N2Cc2ccccc2)cc1. The van der Waals surface area contributed by atoms with Crippen molar-refractivity contribution in [3.8, 4) is 0 Å². The van der Waals surface area contributed by atoms with E-state index in [-0.39, 0.29) is 17.9 Å². The van der Waals surface area contributed by atoms with Gasteiger partial charge < -0.3 is 0 Å². The highest BCUT2D eigenvalue weighted by Gasteiger charge is 2.40. The van der Waals surface area contributed by atoms with E-state index < -0.39 is 21.8 Å². The normalized spacial score (nSPS) is 14.4. The third kappa shape index (κ3) is 3.59. The number of fused-ring (bicyclic) bond motifs is 1. The summed E-state index contributed by atoms with van der Waals surface area (Å²) in [6, 6.07) is 21.9. The number of carbonyl (C=O) groups excluding carboxylic acids is 2. The molecule has 3 aromatic rings. The molecule has 152 valence electrons. The number of nitrogens with zero attached hydrogens (tertiary/aromatic N) is 2. The first kappa shape index (κ1) is 19.8. The molecule has 0 spiro atoms. The molecule has 1 heterocycles. The first-order valence-corrected chi connectivity index (χ1v) is 10.9. The van der Waals surface area contributed by atoms with Crippen LogP contribution in [-0.2, 0) is 27.8 Å². The molecule has 1 aliphatic heterocycles. The van der Waals surface area contributed by atoms with Gasteiger partial charge in [-0.25, -0.2) is 5.01 Å². The number of amides is 2. The van der Waals surface area contributed by atoms with Crippen LogP contribution in [0.25, 0.3) is 0 Å². The molecule has 0 saturated carbocycles. The summed E-state index contributed by atoms with van der Waals surface area (Å²) in [5.41, 5.74) is 2.43. The molecule has 3 aromatic carbocycles. The Hall–Kier alpha value is -3.45. The highest BCUT2D eigenvalue weighted by Crippen LogP contribution is 2.27. The van der Waals surface area contributed by atoms with E-state index in [2.05, 4.69) is 0 Å². The zero-order valence-corrected chi connectivity index (χ0v) is 17.2. The Kier molecular flexibility index (Phi) is 5.13. The van der Waals surface area contributed by atoms with Gasteiger partial charge in [0.25, 0.3) is 21.8 Å². The van der Waals surface area contributed by atoms with Gasteiger partial charge >= 0.3 is 0 Å². The smallest absolute Gasteiger partial charge is 0.271 e. The maximum Gasteiger partial charge on any atom is 0.284 e. The average molecular weight is 420 g/mol. The third-order valence-corrected chi connectivity index (χ3v) is 6.70. The molecule has 0 N–H and O–H groups in total. The lowest BCUT2D eigenvalue weighted by atomic mass is 10.0. The number of rotatable bonds is 4. The van der Waals surface area contributed by atoms with Crippen molar-refractivity contribution in [1.82, 2.24) is 9.42 Å². The van der Waals surface area contributed by atoms with Crippen molar-refractivity contribution in [3.05, 3.63) is 101 Å². The quantitative estimate of drug-likeness (QED) is 0.649. The van der Waals surface area contributed by atoms with Crippen LogP contribution in [0.1, 0.15) is 27.0 Å². The highest BCUT2D eigenvalue weighted by atomic mass is 32.2. The second kappa shape index (κ2) is 7.76. The summed E-state index contributed by atoms with van der Waals surface area (Å²) in [5.74, 6) is -1.21. The van der Waals surface area contributed by atoms with Crippen molar-refractivity contribution < 1.29 is 18.0 Å². The van der Waals surface area contributed by atoms with E-state index in [1.807, 2.05) is 13.0 Å². The molecule has 0 aromatic heterocycles. The van der Waals surface area contributed by atoms with Crippen molar-refractivity contribution in [1.29, 1.82) is 0 Å². The molecule has 0 aliphatic carbocycles. The number of hydrogen-bond acceptors (Lipinski definition) is 4. The molecular weight excluding hydrogens is 400 g/mol. The van der Waals surface area contributed by atoms with Gasteiger partial charge in [-0.05, 0) is 36.2 Å². The van der Waals surface area contributed by atoms with Gasteiger partial charge in [0, 0.05) is 5.56 Å². The molecular formula is C23H20N2O4S. The summed E-state index contributed by atoms with van der Waals surface area (Å²) in [7, 11) is -4.28. The average Bonchev–Trinajstić information content (AvgIpc) is 2.84. The minimum Gasteiger partial charge on any atom is -0.271 e. The minimum atomic E-state index is -4.28. The summed E-state index contributed by atoms with van der Waals surface area (Å²) < 4.78 is 27.6. The Balaban J connectivity index is 1.86. The molecule has 0 atom stereocenters. The van der Waals surface area contributed by atoms with Crippen LogP contribution < -0.4 is 0 Å². The van der Waals surface area contributed by atoms with Gasteiger partial charge in [0.15, 0.2) is 0 Å². The van der Waals surface area contributed by atoms with E-state index >= 15 is 0 Å². The van der Waals surface area contributed by atoms with E-state index in [4.69, 9.17) is 0 Å². The summed E-state index contributed by atoms with van der Waals surface area (Å²) in [6.45, 7) is 1.79. The number of hydrazine groups is 1. The van der Waals surface area contributed by atoms with E-state index in [9.17, 15) is 18.0 Å². The first-order valence-electron chi connectivity index (χ1n) is 9.46. The van der Waals surface area contributed by atoms with Gasteiger partial charge in [0.05, 0.1) is 17.9 Å². The van der Waals surface area contributed by atoms with Crippen LogP contribution in [0.2, 0.25) is 0 Å². The summed E-state index contributed by atoms with van der Waals surface area (Å²) in [5, 5.41) is 1.03. The summed E-state index contributed by atoms with van der Waals surface area (Å²) >= 11 is 0. The molecule has 0 fully saturated rings. The fourth-order valence-corrected chi connectivity index (χ4v) is 4.84. The second-order valence-electron chi connectivity index (χ2n) is 7.14. The molecule has 30 heavy (non-hydrogen) atoms. The van der Waals surface area contributed by atoms with Crippen molar-refractivity contribution in [2.45, 2.75) is 24.8 Å². The van der Waals surface area contributed by atoms with E-state index in [1.54, 1.807) is 60.7 Å². The molecule has 0 bridgehead atoms. The number of aryl methyl sites for hydroxylation is 1. The lowest BCUT2D eigenvalue weighted by molar-refractivity contribution is -0.134. The fourth-order valence-electron chi connectivity index (χ4n) is 3.44. The molecule has 6 nitrogen and oxygen atoms in total. The molecule has 4 rings (SSSR count). The minimum absolute atomic E-state index is 0.0433. The van der Waals surface area contributed by atoms with Crippen LogP contribution in [0.4, 0.5) is 0 Å². The van der Waals surface area contributed by atoms with Crippen LogP contribution in [0, 0.1) is 6.92 Å². The zero-order chi connectivity index (χ0) is 21.3. The van der Waals surface area contributed by atoms with Crippen molar-refractivity contribution in [3.63, 3.8) is 0 Å². The lowest BCUT2D eigenvalue weighted by Crippen LogP contribution is -2.51. The first-order chi connectivity index (χ1) is 14.4. The number of sulfonamides is 1. The molecule has 1 aliphatic rings. The van der Waals surface area contributed by atoms with Gasteiger partial charge in [-0.3, -0.25) is 9.59 Å². The molecule has 0 unspecified atom stereocenters. The van der Waals surface area contributed by atoms with Crippen LogP contribution in [0.15, 0.2) is 83.8 Å². The zero-order valence-electron chi connectivity index (χ0n) is 16.4. The number of benzene rings is 3. The Morgan fingerprint density at radius 1 is 0.833 bits per heavy atom. The number of hydrogen-bond donors (Lipinski definition) is 0. The van der Waals surface area contributed by atoms with Gasteiger partial charge in [0.2, 0.25) is 0 Å². The molecule has 0 saturated heterocycles. The Bertz CT molecular complexity index is 1210. The Labute approximate surface area is 175 Å². The Morgan fingerprint density at radius 3 is 2.17 bits per heavy atom. The molecule has 2 amide bonds. The van der Waals surface area contributed by atoms with Gasteiger partial charge in [-0.2, -0.15) is 8.42 Å². The maximum atomic E-state index is 13.5. The van der Waals surface area contributed by atoms with Gasteiger partial charge in [-0.1, -0.05) is 66.2 Å². The van der Waals surface area contributed by atoms with Crippen LogP contribution in [0.5, 0.6) is 0 Å². The third-order valence-electron chi connectivity index (χ3n) is 4.98. The fraction of sp³-hybridized carbons (Fsp3) is 0.130. The van der Waals surface area contributed by atoms with Crippen molar-refractivity contribution in [2.24, 2.45) is 0 Å². The van der Waals surface area contributed by atoms with E-state index in [0.717, 1.165) is 10.6 Å². The monoisotopic (exact) mass is 420 g/mol. The second-order valence-corrected chi connectivity index (χ2v) is 8.90. The maximum absolute atomic E-state index is 13.5. The largest absolute Gasteiger partial charge is 0.284 e. The van der Waals surface area contributed by atoms with Crippen molar-refractivity contribution >= 4 is 21.8 Å².